The molecule has 0 unspecified atom stereocenters. The first-order valence-corrected chi connectivity index (χ1v) is 9.78. The number of ether oxygens (including phenoxy) is 2. The highest BCUT2D eigenvalue weighted by Gasteiger charge is 2.10. The molecule has 0 amide bonds. The van der Waals surface area contributed by atoms with Gasteiger partial charge in [0.15, 0.2) is 11.5 Å². The number of allylic oxidation sites excluding steroid dienone is 1. The predicted molar refractivity (Wildman–Crippen MR) is 120 cm³/mol. The number of halogens is 2. The maximum atomic E-state index is 10.7. The molecule has 6 nitrogen and oxygen atoms in total. The first kappa shape index (κ1) is 22.2. The lowest BCUT2D eigenvalue weighted by molar-refractivity contribution is -0.384. The molecule has 0 radical (unpaired) electrons. The van der Waals surface area contributed by atoms with E-state index >= 15 is 0 Å². The minimum Gasteiger partial charge on any atom is -0.493 e. The van der Waals surface area contributed by atoms with Gasteiger partial charge in [0.1, 0.15) is 6.61 Å². The van der Waals surface area contributed by atoms with E-state index in [2.05, 4.69) is 6.07 Å². The van der Waals surface area contributed by atoms with E-state index in [0.717, 1.165) is 11.1 Å². The van der Waals surface area contributed by atoms with Crippen LogP contribution in [0.25, 0.3) is 11.6 Å². The molecule has 3 rings (SSSR count). The number of hydrogen-bond donors (Lipinski definition) is 0. The van der Waals surface area contributed by atoms with Crippen molar-refractivity contribution in [3.05, 3.63) is 97.5 Å². The molecular formula is C23H16Cl2N2O4. The second kappa shape index (κ2) is 9.98. The molecule has 0 atom stereocenters. The molecular weight excluding hydrogens is 439 g/mol. The van der Waals surface area contributed by atoms with Crippen LogP contribution in [-0.4, -0.2) is 12.0 Å². The summed E-state index contributed by atoms with van der Waals surface area (Å²) in [6.45, 7) is 0.216. The van der Waals surface area contributed by atoms with E-state index in [1.165, 1.54) is 19.2 Å². The van der Waals surface area contributed by atoms with Gasteiger partial charge in [-0.15, -0.1) is 0 Å². The Bertz CT molecular complexity index is 1190. The fourth-order valence-corrected chi connectivity index (χ4v) is 3.32. The van der Waals surface area contributed by atoms with E-state index < -0.39 is 4.92 Å². The summed E-state index contributed by atoms with van der Waals surface area (Å²) in [5.74, 6) is 0.983. The number of non-ortho nitro benzene ring substituents is 1. The van der Waals surface area contributed by atoms with Crippen molar-refractivity contribution in [2.45, 2.75) is 6.61 Å². The minimum absolute atomic E-state index is 0.0200. The molecule has 0 saturated heterocycles. The molecule has 8 heteroatoms. The SMILES string of the molecule is COc1cc(/C=C(\C#N)c2ccc(Cl)cc2Cl)ccc1OCc1ccc([N+](=O)[O-])cc1. The molecule has 0 fully saturated rings. The molecule has 0 aliphatic heterocycles. The van der Waals surface area contributed by atoms with Gasteiger partial charge in [-0.3, -0.25) is 10.1 Å². The summed E-state index contributed by atoms with van der Waals surface area (Å²) in [5.41, 5.74) is 2.48. The standard InChI is InChI=1S/C23H16Cl2N2O4/c1-30-23-11-16(10-17(13-26)20-8-5-18(24)12-21(20)25)4-9-22(23)31-14-15-2-6-19(7-3-15)27(28)29/h2-12H,14H2,1H3/b17-10+. The van der Waals surface area contributed by atoms with Crippen LogP contribution in [0.5, 0.6) is 11.5 Å². The largest absolute Gasteiger partial charge is 0.493 e. The smallest absolute Gasteiger partial charge is 0.269 e. The van der Waals surface area contributed by atoms with Gasteiger partial charge < -0.3 is 9.47 Å². The van der Waals surface area contributed by atoms with Crippen molar-refractivity contribution in [3.8, 4) is 17.6 Å². The Kier molecular flexibility index (Phi) is 7.14. The van der Waals surface area contributed by atoms with Crippen LogP contribution >= 0.6 is 23.2 Å². The lowest BCUT2D eigenvalue weighted by Gasteiger charge is -2.12. The topological polar surface area (TPSA) is 85.4 Å². The first-order valence-electron chi connectivity index (χ1n) is 9.02. The molecule has 0 heterocycles. The molecule has 0 saturated carbocycles. The van der Waals surface area contributed by atoms with Gasteiger partial charge in [-0.2, -0.15) is 5.26 Å². The predicted octanol–water partition coefficient (Wildman–Crippen LogP) is 6.55. The molecule has 3 aromatic carbocycles. The fourth-order valence-electron chi connectivity index (χ4n) is 2.81. The summed E-state index contributed by atoms with van der Waals surface area (Å²) in [6.07, 6.45) is 1.69. The molecule has 31 heavy (non-hydrogen) atoms. The summed E-state index contributed by atoms with van der Waals surface area (Å²) in [7, 11) is 1.52. The third kappa shape index (κ3) is 5.54. The van der Waals surface area contributed by atoms with Crippen LogP contribution < -0.4 is 9.47 Å². The maximum absolute atomic E-state index is 10.7. The number of hydrogen-bond acceptors (Lipinski definition) is 5. The fraction of sp³-hybridized carbons (Fsp3) is 0.0870. The second-order valence-corrected chi connectivity index (χ2v) is 7.26. The van der Waals surface area contributed by atoms with Crippen molar-refractivity contribution >= 4 is 40.5 Å². The van der Waals surface area contributed by atoms with Crippen LogP contribution in [0.2, 0.25) is 10.0 Å². The van der Waals surface area contributed by atoms with Crippen molar-refractivity contribution in [3.63, 3.8) is 0 Å². The Hall–Kier alpha value is -3.53. The zero-order chi connectivity index (χ0) is 22.4. The highest BCUT2D eigenvalue weighted by atomic mass is 35.5. The van der Waals surface area contributed by atoms with Crippen molar-refractivity contribution in [1.29, 1.82) is 5.26 Å². The maximum Gasteiger partial charge on any atom is 0.269 e. The van der Waals surface area contributed by atoms with E-state index in [1.54, 1.807) is 54.6 Å². The van der Waals surface area contributed by atoms with Gasteiger partial charge >= 0.3 is 0 Å². The van der Waals surface area contributed by atoms with Gasteiger partial charge in [-0.25, -0.2) is 0 Å². The Balaban J connectivity index is 1.81. The molecule has 0 aromatic heterocycles. The minimum atomic E-state index is -0.452. The Labute approximate surface area is 189 Å². The van der Waals surface area contributed by atoms with E-state index in [1.807, 2.05) is 0 Å². The molecule has 0 aliphatic carbocycles. The van der Waals surface area contributed by atoms with Crippen molar-refractivity contribution in [2.75, 3.05) is 7.11 Å². The van der Waals surface area contributed by atoms with Gasteiger partial charge in [0.25, 0.3) is 5.69 Å². The van der Waals surface area contributed by atoms with Crippen LogP contribution in [0, 0.1) is 21.4 Å². The number of nitro benzene ring substituents is 1. The summed E-state index contributed by atoms with van der Waals surface area (Å²) < 4.78 is 11.2. The molecule has 156 valence electrons. The average Bonchev–Trinajstić information content (AvgIpc) is 2.77. The number of nitro groups is 1. The van der Waals surface area contributed by atoms with Gasteiger partial charge in [-0.05, 0) is 53.6 Å². The first-order chi connectivity index (χ1) is 14.9. The van der Waals surface area contributed by atoms with Crippen molar-refractivity contribution in [1.82, 2.24) is 0 Å². The quantitative estimate of drug-likeness (QED) is 0.174. The Morgan fingerprint density at radius 2 is 1.84 bits per heavy atom. The highest BCUT2D eigenvalue weighted by molar-refractivity contribution is 6.36. The number of benzene rings is 3. The third-order valence-corrected chi connectivity index (χ3v) is 4.93. The summed E-state index contributed by atoms with van der Waals surface area (Å²) >= 11 is 12.2. The van der Waals surface area contributed by atoms with E-state index in [9.17, 15) is 15.4 Å². The van der Waals surface area contributed by atoms with Crippen LogP contribution in [0.4, 0.5) is 5.69 Å². The van der Waals surface area contributed by atoms with Gasteiger partial charge in [0.2, 0.25) is 0 Å². The second-order valence-electron chi connectivity index (χ2n) is 6.42. The molecule has 0 N–H and O–H groups in total. The average molecular weight is 455 g/mol. The summed E-state index contributed by atoms with van der Waals surface area (Å²) in [6, 6.07) is 18.5. The number of nitriles is 1. The third-order valence-electron chi connectivity index (χ3n) is 4.38. The molecule has 3 aromatic rings. The van der Waals surface area contributed by atoms with Gasteiger partial charge in [-0.1, -0.05) is 35.3 Å². The molecule has 0 bridgehead atoms. The van der Waals surface area contributed by atoms with E-state index in [0.29, 0.717) is 32.7 Å². The van der Waals surface area contributed by atoms with Gasteiger partial charge in [0, 0.05) is 22.7 Å². The Morgan fingerprint density at radius 3 is 2.45 bits per heavy atom. The Morgan fingerprint density at radius 1 is 1.10 bits per heavy atom. The van der Waals surface area contributed by atoms with Crippen LogP contribution in [0.1, 0.15) is 16.7 Å². The van der Waals surface area contributed by atoms with Crippen molar-refractivity contribution in [2.24, 2.45) is 0 Å². The zero-order valence-corrected chi connectivity index (χ0v) is 17.9. The highest BCUT2D eigenvalue weighted by Crippen LogP contribution is 2.32. The van der Waals surface area contributed by atoms with Crippen molar-refractivity contribution < 1.29 is 14.4 Å². The molecule has 0 aliphatic rings. The summed E-state index contributed by atoms with van der Waals surface area (Å²) in [4.78, 5) is 10.3. The van der Waals surface area contributed by atoms with Crippen LogP contribution in [0.15, 0.2) is 60.7 Å². The normalized spacial score (nSPS) is 11.0. The zero-order valence-electron chi connectivity index (χ0n) is 16.3. The molecule has 0 spiro atoms. The lowest BCUT2D eigenvalue weighted by Crippen LogP contribution is -1.98. The van der Waals surface area contributed by atoms with E-state index in [4.69, 9.17) is 32.7 Å². The number of nitrogens with zero attached hydrogens (tertiary/aromatic N) is 2. The van der Waals surface area contributed by atoms with Crippen LogP contribution in [-0.2, 0) is 6.61 Å². The number of methoxy groups -OCH3 is 1. The number of rotatable bonds is 7. The summed E-state index contributed by atoms with van der Waals surface area (Å²) in [5, 5.41) is 21.2. The van der Waals surface area contributed by atoms with E-state index in [-0.39, 0.29) is 12.3 Å². The monoisotopic (exact) mass is 454 g/mol. The van der Waals surface area contributed by atoms with Gasteiger partial charge in [0.05, 0.1) is 28.7 Å². The lowest BCUT2D eigenvalue weighted by atomic mass is 10.0. The van der Waals surface area contributed by atoms with Crippen LogP contribution in [0.3, 0.4) is 0 Å².